The second-order valence-corrected chi connectivity index (χ2v) is 6.71. The zero-order valence-electron chi connectivity index (χ0n) is 14.9. The molecule has 3 aromatic rings. The van der Waals surface area contributed by atoms with Crippen LogP contribution in [0.2, 0.25) is 0 Å². The number of carbonyl (C=O) groups is 1. The normalized spacial score (nSPS) is 10.5. The number of nitro benzene ring substituents is 1. The number of hydrogen-bond acceptors (Lipinski definition) is 6. The minimum absolute atomic E-state index is 0.00512. The standard InChI is InChI=1S/C17H14BrN7O3/c1-10-16(18)11(2)24(21-10)9-23-6-5-15(22-23)17(26)20-14-4-3-13(25(27)28)7-12(14)8-19/h3-7H,9H2,1-2H3,(H,20,26). The fourth-order valence-electron chi connectivity index (χ4n) is 2.55. The molecule has 0 aliphatic rings. The van der Waals surface area contributed by atoms with Crippen LogP contribution in [-0.2, 0) is 6.67 Å². The average Bonchev–Trinajstić information content (AvgIpc) is 3.23. The number of aryl methyl sites for hydroxylation is 1. The van der Waals surface area contributed by atoms with Crippen molar-refractivity contribution in [3.05, 3.63) is 67.7 Å². The van der Waals surface area contributed by atoms with E-state index in [2.05, 4.69) is 31.4 Å². The Bertz CT molecular complexity index is 1130. The van der Waals surface area contributed by atoms with Gasteiger partial charge in [-0.15, -0.1) is 0 Å². The number of rotatable bonds is 5. The Balaban J connectivity index is 1.77. The lowest BCUT2D eigenvalue weighted by molar-refractivity contribution is -0.384. The van der Waals surface area contributed by atoms with Crippen molar-refractivity contribution in [1.82, 2.24) is 19.6 Å². The van der Waals surface area contributed by atoms with Crippen molar-refractivity contribution in [2.75, 3.05) is 5.32 Å². The lowest BCUT2D eigenvalue weighted by Gasteiger charge is -2.06. The van der Waals surface area contributed by atoms with E-state index < -0.39 is 10.8 Å². The lowest BCUT2D eigenvalue weighted by Crippen LogP contribution is -2.16. The second-order valence-electron chi connectivity index (χ2n) is 5.92. The summed E-state index contributed by atoms with van der Waals surface area (Å²) in [5, 5.41) is 31.1. The number of nitro groups is 1. The SMILES string of the molecule is Cc1nn(Cn2ccc(C(=O)Nc3ccc([N+](=O)[O-])cc3C#N)n2)c(C)c1Br. The Morgan fingerprint density at radius 1 is 1.36 bits per heavy atom. The van der Waals surface area contributed by atoms with Gasteiger partial charge in [-0.2, -0.15) is 15.5 Å². The molecule has 11 heteroatoms. The number of nitrogens with zero attached hydrogens (tertiary/aromatic N) is 6. The summed E-state index contributed by atoms with van der Waals surface area (Å²) in [6, 6.07) is 7.02. The van der Waals surface area contributed by atoms with Crippen LogP contribution < -0.4 is 5.32 Å². The van der Waals surface area contributed by atoms with Crippen LogP contribution in [0.15, 0.2) is 34.9 Å². The fraction of sp³-hybridized carbons (Fsp3) is 0.176. The molecule has 0 aliphatic carbocycles. The number of anilines is 1. The molecule has 0 unspecified atom stereocenters. The molecular weight excluding hydrogens is 430 g/mol. The van der Waals surface area contributed by atoms with Gasteiger partial charge in [0.05, 0.1) is 32.0 Å². The van der Waals surface area contributed by atoms with Crippen LogP contribution in [0.3, 0.4) is 0 Å². The van der Waals surface area contributed by atoms with E-state index in [1.54, 1.807) is 15.6 Å². The van der Waals surface area contributed by atoms with Gasteiger partial charge in [-0.05, 0) is 41.9 Å². The van der Waals surface area contributed by atoms with Crippen LogP contribution in [0.25, 0.3) is 0 Å². The van der Waals surface area contributed by atoms with Gasteiger partial charge in [-0.25, -0.2) is 4.68 Å². The van der Waals surface area contributed by atoms with Crippen molar-refractivity contribution in [2.24, 2.45) is 0 Å². The van der Waals surface area contributed by atoms with E-state index in [9.17, 15) is 14.9 Å². The summed E-state index contributed by atoms with van der Waals surface area (Å²) in [4.78, 5) is 22.6. The summed E-state index contributed by atoms with van der Waals surface area (Å²) in [5.41, 5.74) is 1.87. The third-order valence-corrected chi connectivity index (χ3v) is 5.18. The first-order valence-corrected chi connectivity index (χ1v) is 8.82. The summed E-state index contributed by atoms with van der Waals surface area (Å²) >= 11 is 3.46. The number of nitriles is 1. The molecule has 0 aliphatic heterocycles. The number of non-ortho nitro benzene ring substituents is 1. The minimum Gasteiger partial charge on any atom is -0.319 e. The zero-order valence-corrected chi connectivity index (χ0v) is 16.5. The summed E-state index contributed by atoms with van der Waals surface area (Å²) < 4.78 is 4.22. The number of amides is 1. The first-order valence-electron chi connectivity index (χ1n) is 8.03. The molecule has 1 N–H and O–H groups in total. The highest BCUT2D eigenvalue weighted by Gasteiger charge is 2.16. The molecule has 28 heavy (non-hydrogen) atoms. The molecule has 0 radical (unpaired) electrons. The minimum atomic E-state index is -0.606. The third-order valence-electron chi connectivity index (χ3n) is 4.03. The lowest BCUT2D eigenvalue weighted by atomic mass is 10.1. The maximum absolute atomic E-state index is 12.4. The Morgan fingerprint density at radius 2 is 2.11 bits per heavy atom. The van der Waals surface area contributed by atoms with E-state index in [0.29, 0.717) is 6.67 Å². The van der Waals surface area contributed by atoms with Gasteiger partial charge in [0, 0.05) is 18.3 Å². The van der Waals surface area contributed by atoms with E-state index in [1.807, 2.05) is 19.9 Å². The van der Waals surface area contributed by atoms with Gasteiger partial charge in [0.15, 0.2) is 5.69 Å². The maximum atomic E-state index is 12.4. The van der Waals surface area contributed by atoms with Crippen LogP contribution >= 0.6 is 15.9 Å². The Labute approximate surface area is 167 Å². The van der Waals surface area contributed by atoms with Crippen molar-refractivity contribution in [3.63, 3.8) is 0 Å². The van der Waals surface area contributed by atoms with E-state index in [1.165, 1.54) is 18.2 Å². The summed E-state index contributed by atoms with van der Waals surface area (Å²) in [7, 11) is 0. The molecule has 2 aromatic heterocycles. The molecule has 3 rings (SSSR count). The highest BCUT2D eigenvalue weighted by molar-refractivity contribution is 9.10. The van der Waals surface area contributed by atoms with Crippen molar-refractivity contribution >= 4 is 33.2 Å². The maximum Gasteiger partial charge on any atom is 0.276 e. The second kappa shape index (κ2) is 7.61. The van der Waals surface area contributed by atoms with Gasteiger partial charge in [0.2, 0.25) is 0 Å². The highest BCUT2D eigenvalue weighted by atomic mass is 79.9. The number of nitrogens with one attached hydrogen (secondary N) is 1. The third kappa shape index (κ3) is 3.77. The van der Waals surface area contributed by atoms with Crippen molar-refractivity contribution in [1.29, 1.82) is 5.26 Å². The number of hydrogen-bond donors (Lipinski definition) is 1. The largest absolute Gasteiger partial charge is 0.319 e. The van der Waals surface area contributed by atoms with Gasteiger partial charge in [0.1, 0.15) is 12.7 Å². The molecule has 0 bridgehead atoms. The Kier molecular flexibility index (Phi) is 5.23. The number of halogens is 1. The van der Waals surface area contributed by atoms with Crippen LogP contribution in [0, 0.1) is 35.3 Å². The van der Waals surface area contributed by atoms with Crippen molar-refractivity contribution < 1.29 is 9.72 Å². The molecule has 1 aromatic carbocycles. The zero-order chi connectivity index (χ0) is 20.4. The quantitative estimate of drug-likeness (QED) is 0.475. The molecule has 0 saturated carbocycles. The van der Waals surface area contributed by atoms with Gasteiger partial charge >= 0.3 is 0 Å². The first kappa shape index (κ1) is 19.2. The van der Waals surface area contributed by atoms with Gasteiger partial charge in [-0.1, -0.05) is 0 Å². The molecule has 2 heterocycles. The Hall–Kier alpha value is -3.52. The van der Waals surface area contributed by atoms with Crippen LogP contribution in [-0.4, -0.2) is 30.4 Å². The summed E-state index contributed by atoms with van der Waals surface area (Å²) in [6.07, 6.45) is 1.64. The molecule has 10 nitrogen and oxygen atoms in total. The van der Waals surface area contributed by atoms with Gasteiger partial charge < -0.3 is 5.32 Å². The summed E-state index contributed by atoms with van der Waals surface area (Å²) in [6.45, 7) is 4.12. The topological polar surface area (TPSA) is 132 Å². The number of carbonyl (C=O) groups excluding carboxylic acids is 1. The van der Waals surface area contributed by atoms with Gasteiger partial charge in [-0.3, -0.25) is 19.6 Å². The van der Waals surface area contributed by atoms with Crippen molar-refractivity contribution in [2.45, 2.75) is 20.5 Å². The molecule has 142 valence electrons. The predicted octanol–water partition coefficient (Wildman–Crippen LogP) is 3.00. The highest BCUT2D eigenvalue weighted by Crippen LogP contribution is 2.22. The molecule has 0 saturated heterocycles. The molecular formula is C17H14BrN7O3. The van der Waals surface area contributed by atoms with Crippen LogP contribution in [0.1, 0.15) is 27.4 Å². The van der Waals surface area contributed by atoms with Crippen LogP contribution in [0.5, 0.6) is 0 Å². The smallest absolute Gasteiger partial charge is 0.276 e. The van der Waals surface area contributed by atoms with E-state index in [0.717, 1.165) is 21.9 Å². The Morgan fingerprint density at radius 3 is 2.71 bits per heavy atom. The number of benzene rings is 1. The van der Waals surface area contributed by atoms with Crippen molar-refractivity contribution in [3.8, 4) is 6.07 Å². The van der Waals surface area contributed by atoms with Crippen LogP contribution in [0.4, 0.5) is 11.4 Å². The molecule has 0 spiro atoms. The molecule has 0 atom stereocenters. The first-order chi connectivity index (χ1) is 13.3. The number of aromatic nitrogens is 4. The van der Waals surface area contributed by atoms with E-state index in [4.69, 9.17) is 5.26 Å². The van der Waals surface area contributed by atoms with E-state index in [-0.39, 0.29) is 22.6 Å². The fourth-order valence-corrected chi connectivity index (χ4v) is 2.83. The van der Waals surface area contributed by atoms with Gasteiger partial charge in [0.25, 0.3) is 11.6 Å². The monoisotopic (exact) mass is 443 g/mol. The summed E-state index contributed by atoms with van der Waals surface area (Å²) in [5.74, 6) is -0.529. The predicted molar refractivity (Wildman–Crippen MR) is 103 cm³/mol. The molecule has 0 fully saturated rings. The average molecular weight is 444 g/mol. The van der Waals surface area contributed by atoms with E-state index >= 15 is 0 Å². The molecule has 1 amide bonds.